The maximum atomic E-state index is 13.5. The molecule has 0 fully saturated rings. The van der Waals surface area contributed by atoms with Crippen molar-refractivity contribution >= 4 is 51.0 Å². The number of ketones is 1. The van der Waals surface area contributed by atoms with Crippen LogP contribution in [0.5, 0.6) is 5.75 Å². The number of nitrogens with zero attached hydrogens (tertiary/aromatic N) is 1. The molecule has 37 heavy (non-hydrogen) atoms. The number of thioether (sulfide) groups is 2. The Kier molecular flexibility index (Phi) is 15.2. The quantitative estimate of drug-likeness (QED) is 0.0447. The SMILES string of the molecule is CCSC(=S)SC(C)(C#N)CCC(=O)CCCOCCOCCC(=O)Oc1c(F)c(F)c(F)c(F)c1F. The molecule has 0 heterocycles. The molecule has 0 saturated heterocycles. The summed E-state index contributed by atoms with van der Waals surface area (Å²) in [6, 6.07) is 2.22. The second-order valence-corrected chi connectivity index (χ2v) is 11.6. The third-order valence-electron chi connectivity index (χ3n) is 4.64. The molecule has 0 aliphatic carbocycles. The minimum Gasteiger partial charge on any atom is -0.420 e. The van der Waals surface area contributed by atoms with Crippen LogP contribution in [0.3, 0.4) is 0 Å². The maximum absolute atomic E-state index is 13.5. The van der Waals surface area contributed by atoms with Gasteiger partial charge in [-0.05, 0) is 25.5 Å². The summed E-state index contributed by atoms with van der Waals surface area (Å²) in [6.45, 7) is 3.95. The van der Waals surface area contributed by atoms with Crippen molar-refractivity contribution in [3.8, 4) is 11.8 Å². The van der Waals surface area contributed by atoms with Crippen LogP contribution in [0.15, 0.2) is 0 Å². The van der Waals surface area contributed by atoms with Crippen LogP contribution in [0.1, 0.15) is 46.0 Å². The van der Waals surface area contributed by atoms with Crippen LogP contribution in [0, 0.1) is 40.4 Å². The van der Waals surface area contributed by atoms with E-state index >= 15 is 0 Å². The van der Waals surface area contributed by atoms with E-state index in [9.17, 15) is 36.8 Å². The monoisotopic (exact) mass is 587 g/mol. The first-order valence-corrected chi connectivity index (χ1v) is 13.3. The molecular weight excluding hydrogens is 561 g/mol. The maximum Gasteiger partial charge on any atom is 0.313 e. The van der Waals surface area contributed by atoms with E-state index in [1.165, 1.54) is 23.5 Å². The first kappa shape index (κ1) is 33.2. The van der Waals surface area contributed by atoms with E-state index in [1.54, 1.807) is 6.92 Å². The molecule has 0 aromatic heterocycles. The lowest BCUT2D eigenvalue weighted by Crippen LogP contribution is -2.20. The van der Waals surface area contributed by atoms with Crippen LogP contribution in [-0.4, -0.2) is 52.2 Å². The average Bonchev–Trinajstić information content (AvgIpc) is 2.86. The molecule has 0 aliphatic rings. The lowest BCUT2D eigenvalue weighted by molar-refractivity contribution is -0.136. The molecule has 0 aliphatic heterocycles. The Balaban J connectivity index is 2.18. The predicted molar refractivity (Wildman–Crippen MR) is 134 cm³/mol. The van der Waals surface area contributed by atoms with Crippen molar-refractivity contribution in [1.29, 1.82) is 5.26 Å². The van der Waals surface area contributed by atoms with Crippen molar-refractivity contribution in [3.63, 3.8) is 0 Å². The van der Waals surface area contributed by atoms with Gasteiger partial charge in [0.15, 0.2) is 0 Å². The molecule has 0 N–H and O–H groups in total. The highest BCUT2D eigenvalue weighted by molar-refractivity contribution is 8.47. The highest BCUT2D eigenvalue weighted by Crippen LogP contribution is 2.34. The van der Waals surface area contributed by atoms with Gasteiger partial charge in [-0.15, -0.1) is 11.8 Å². The molecule has 0 saturated carbocycles. The summed E-state index contributed by atoms with van der Waals surface area (Å²) in [5.74, 6) is -13.4. The molecule has 1 unspecified atom stereocenters. The van der Waals surface area contributed by atoms with Gasteiger partial charge in [-0.25, -0.2) is 13.2 Å². The molecule has 14 heteroatoms. The van der Waals surface area contributed by atoms with E-state index in [0.717, 1.165) is 5.75 Å². The van der Waals surface area contributed by atoms with E-state index in [4.69, 9.17) is 21.7 Å². The molecule has 6 nitrogen and oxygen atoms in total. The van der Waals surface area contributed by atoms with E-state index in [-0.39, 0.29) is 45.1 Å². The second-order valence-electron chi connectivity index (χ2n) is 7.62. The number of thiocarbonyl (C=S) groups is 1. The summed E-state index contributed by atoms with van der Waals surface area (Å²) in [6.07, 6.45) is 0.883. The first-order chi connectivity index (χ1) is 17.5. The standard InChI is InChI=1S/C23H26F5NO5S3/c1-3-36-22(35)37-23(2,13-29)8-6-14(30)5-4-9-32-11-12-33-10-7-15(31)34-21-19(27)17(25)16(24)18(26)20(21)28/h3-12H2,1-2H3. The molecular formula is C23H26F5NO5S3. The van der Waals surface area contributed by atoms with Gasteiger partial charge >= 0.3 is 5.97 Å². The van der Waals surface area contributed by atoms with Crippen LogP contribution in [0.4, 0.5) is 22.0 Å². The van der Waals surface area contributed by atoms with Crippen molar-refractivity contribution in [2.24, 2.45) is 0 Å². The number of nitriles is 1. The number of benzene rings is 1. The molecule has 1 aromatic rings. The van der Waals surface area contributed by atoms with E-state index in [1.807, 2.05) is 6.92 Å². The van der Waals surface area contributed by atoms with Crippen LogP contribution >= 0.6 is 35.7 Å². The Morgan fingerprint density at radius 1 is 0.919 bits per heavy atom. The topological polar surface area (TPSA) is 85.6 Å². The fraction of sp³-hybridized carbons (Fsp3) is 0.565. The zero-order chi connectivity index (χ0) is 28.0. The Morgan fingerprint density at radius 3 is 2.05 bits per heavy atom. The minimum atomic E-state index is -2.36. The number of carbonyl (C=O) groups excluding carboxylic acids is 2. The lowest BCUT2D eigenvalue weighted by atomic mass is 10.0. The van der Waals surface area contributed by atoms with E-state index in [0.29, 0.717) is 16.4 Å². The molecule has 1 aromatic carbocycles. The number of carbonyl (C=O) groups is 2. The second kappa shape index (κ2) is 16.9. The Hall–Kier alpha value is -1.79. The Bertz CT molecular complexity index is 979. The highest BCUT2D eigenvalue weighted by atomic mass is 32.2. The minimum absolute atomic E-state index is 0.00305. The largest absolute Gasteiger partial charge is 0.420 e. The van der Waals surface area contributed by atoms with Gasteiger partial charge in [0, 0.05) is 19.4 Å². The van der Waals surface area contributed by atoms with Crippen LogP contribution in [-0.2, 0) is 19.1 Å². The molecule has 1 atom stereocenters. The fourth-order valence-electron chi connectivity index (χ4n) is 2.65. The lowest BCUT2D eigenvalue weighted by Gasteiger charge is -2.20. The molecule has 0 spiro atoms. The number of hydrogen-bond acceptors (Lipinski definition) is 9. The number of esters is 1. The highest BCUT2D eigenvalue weighted by Gasteiger charge is 2.29. The zero-order valence-electron chi connectivity index (χ0n) is 20.2. The van der Waals surface area contributed by atoms with Gasteiger partial charge in [0.1, 0.15) is 14.1 Å². The normalized spacial score (nSPS) is 12.6. The molecule has 0 radical (unpaired) electrons. The number of Topliss-reactive ketones (excluding diaryl/α,β-unsaturated/α-hetero) is 1. The van der Waals surface area contributed by atoms with Gasteiger partial charge in [-0.3, -0.25) is 9.59 Å². The van der Waals surface area contributed by atoms with E-state index < -0.39 is 52.0 Å². The number of ether oxygens (including phenoxy) is 3. The smallest absolute Gasteiger partial charge is 0.313 e. The number of halogens is 5. The summed E-state index contributed by atoms with van der Waals surface area (Å²) in [4.78, 5) is 23.7. The summed E-state index contributed by atoms with van der Waals surface area (Å²) in [7, 11) is 0. The zero-order valence-corrected chi connectivity index (χ0v) is 22.6. The van der Waals surface area contributed by atoms with Crippen molar-refractivity contribution < 1.29 is 45.8 Å². The Morgan fingerprint density at radius 2 is 1.49 bits per heavy atom. The average molecular weight is 588 g/mol. The Labute approximate surface area is 225 Å². The van der Waals surface area contributed by atoms with Crippen molar-refractivity contribution in [1.82, 2.24) is 0 Å². The van der Waals surface area contributed by atoms with Gasteiger partial charge in [-0.1, -0.05) is 30.9 Å². The van der Waals surface area contributed by atoms with Crippen LogP contribution in [0.25, 0.3) is 0 Å². The summed E-state index contributed by atoms with van der Waals surface area (Å²) < 4.78 is 80.8. The van der Waals surface area contributed by atoms with Crippen molar-refractivity contribution in [3.05, 3.63) is 29.1 Å². The first-order valence-electron chi connectivity index (χ1n) is 11.1. The van der Waals surface area contributed by atoms with Gasteiger partial charge in [0.2, 0.25) is 34.8 Å². The van der Waals surface area contributed by atoms with Crippen molar-refractivity contribution in [2.45, 2.75) is 50.7 Å². The van der Waals surface area contributed by atoms with Gasteiger partial charge in [0.25, 0.3) is 0 Å². The summed E-state index contributed by atoms with van der Waals surface area (Å²) in [5.41, 5.74) is 0. The molecule has 206 valence electrons. The number of rotatable bonds is 16. The van der Waals surface area contributed by atoms with Crippen LogP contribution in [0.2, 0.25) is 0 Å². The van der Waals surface area contributed by atoms with Gasteiger partial charge < -0.3 is 14.2 Å². The van der Waals surface area contributed by atoms with Crippen molar-refractivity contribution in [2.75, 3.05) is 32.2 Å². The summed E-state index contributed by atoms with van der Waals surface area (Å²) in [5, 5.41) is 9.42. The number of hydrogen-bond donors (Lipinski definition) is 0. The molecule has 0 amide bonds. The third kappa shape index (κ3) is 11.6. The molecule has 1 rings (SSSR count). The predicted octanol–water partition coefficient (Wildman–Crippen LogP) is 5.89. The van der Waals surface area contributed by atoms with Gasteiger partial charge in [-0.2, -0.15) is 14.0 Å². The van der Waals surface area contributed by atoms with Gasteiger partial charge in [0.05, 0.1) is 32.3 Å². The van der Waals surface area contributed by atoms with E-state index in [2.05, 4.69) is 10.8 Å². The van der Waals surface area contributed by atoms with Crippen LogP contribution < -0.4 is 4.74 Å². The summed E-state index contributed by atoms with van der Waals surface area (Å²) >= 11 is 8.00. The third-order valence-corrected chi connectivity index (χ3v) is 7.28. The molecule has 0 bridgehead atoms. The fourth-order valence-corrected chi connectivity index (χ4v) is 5.55.